The number of hydrogen-bond donors (Lipinski definition) is 0. The molecule has 0 amide bonds. The van der Waals surface area contributed by atoms with E-state index in [4.69, 9.17) is 0 Å². The average Bonchev–Trinajstić information content (AvgIpc) is 2.35. The van der Waals surface area contributed by atoms with Crippen molar-refractivity contribution in [1.82, 2.24) is 0 Å². The van der Waals surface area contributed by atoms with E-state index >= 15 is 0 Å². The maximum Gasteiger partial charge on any atom is -0.00934 e. The second-order valence-corrected chi connectivity index (χ2v) is 5.07. The summed E-state index contributed by atoms with van der Waals surface area (Å²) in [6.07, 6.45) is 0. The fourth-order valence-corrected chi connectivity index (χ4v) is 0.680. The van der Waals surface area contributed by atoms with Crippen molar-refractivity contribution >= 4 is 11.3 Å². The molecule has 0 aromatic carbocycles. The van der Waals surface area contributed by atoms with E-state index in [0.717, 1.165) is 11.8 Å². The van der Waals surface area contributed by atoms with Gasteiger partial charge in [-0.1, -0.05) is 53.7 Å². The first-order valence-electron chi connectivity index (χ1n) is 4.94. The number of thiophene rings is 1. The molecule has 1 heteroatoms. The van der Waals surface area contributed by atoms with Crippen molar-refractivity contribution in [2.75, 3.05) is 0 Å². The molecule has 0 fully saturated rings. The van der Waals surface area contributed by atoms with Crippen LogP contribution < -0.4 is 0 Å². The Bertz CT molecular complexity index is 111. The minimum atomic E-state index is 0.833. The predicted octanol–water partition coefficient (Wildman–Crippen LogP) is 5.07. The molecule has 78 valence electrons. The van der Waals surface area contributed by atoms with Crippen LogP contribution in [0, 0.1) is 11.8 Å². The smallest absolute Gasteiger partial charge is 0.00934 e. The second-order valence-electron chi connectivity index (χ2n) is 4.26. The lowest BCUT2D eigenvalue weighted by Gasteiger charge is -1.79. The molecule has 13 heavy (non-hydrogen) atoms. The third-order valence-corrected chi connectivity index (χ3v) is 1.05. The second kappa shape index (κ2) is 11.7. The summed E-state index contributed by atoms with van der Waals surface area (Å²) < 4.78 is 0. The molecule has 0 saturated heterocycles. The first-order chi connectivity index (χ1) is 5.96. The Hall–Kier alpha value is -0.300. The first kappa shape index (κ1) is 15.2. The van der Waals surface area contributed by atoms with E-state index < -0.39 is 0 Å². The van der Waals surface area contributed by atoms with E-state index in [0.29, 0.717) is 0 Å². The van der Waals surface area contributed by atoms with Gasteiger partial charge in [-0.3, -0.25) is 0 Å². The molecule has 0 bridgehead atoms. The van der Waals surface area contributed by atoms with E-state index in [-0.39, 0.29) is 0 Å². The fraction of sp³-hybridized carbons (Fsp3) is 0.667. The third-order valence-electron chi connectivity index (χ3n) is 0.425. The Kier molecular flexibility index (Phi) is 13.7. The molecule has 1 heterocycles. The number of hydrogen-bond acceptors (Lipinski definition) is 1. The Balaban J connectivity index is 0. The van der Waals surface area contributed by atoms with E-state index in [1.807, 2.05) is 22.9 Å². The monoisotopic (exact) mass is 200 g/mol. The molecule has 0 atom stereocenters. The zero-order chi connectivity index (χ0) is 10.7. The highest BCUT2D eigenvalue weighted by atomic mass is 32.1. The quantitative estimate of drug-likeness (QED) is 0.548. The Morgan fingerprint density at radius 3 is 1.00 bits per heavy atom. The molecule has 1 aromatic heterocycles. The van der Waals surface area contributed by atoms with Gasteiger partial charge in [-0.15, -0.1) is 0 Å². The fourth-order valence-electron chi connectivity index (χ4n) is 0.227. The molecule has 0 N–H and O–H groups in total. The van der Waals surface area contributed by atoms with Gasteiger partial charge >= 0.3 is 0 Å². The summed E-state index contributed by atoms with van der Waals surface area (Å²) in [4.78, 5) is 0. The molecule has 0 aliphatic rings. The largest absolute Gasteiger partial charge is 0.152 e. The molecule has 0 nitrogen and oxygen atoms in total. The van der Waals surface area contributed by atoms with Gasteiger partial charge in [-0.25, -0.2) is 0 Å². The van der Waals surface area contributed by atoms with Crippen LogP contribution in [0.2, 0.25) is 0 Å². The summed E-state index contributed by atoms with van der Waals surface area (Å²) in [5.41, 5.74) is 0. The number of rotatable bonds is 0. The highest BCUT2D eigenvalue weighted by molar-refractivity contribution is 7.07. The Morgan fingerprint density at radius 1 is 0.692 bits per heavy atom. The van der Waals surface area contributed by atoms with Gasteiger partial charge < -0.3 is 0 Å². The van der Waals surface area contributed by atoms with Gasteiger partial charge in [-0.2, -0.15) is 11.3 Å². The van der Waals surface area contributed by atoms with Crippen LogP contribution in [0.15, 0.2) is 22.9 Å². The minimum absolute atomic E-state index is 0.833. The van der Waals surface area contributed by atoms with Crippen molar-refractivity contribution in [2.45, 2.75) is 41.5 Å². The van der Waals surface area contributed by atoms with Crippen LogP contribution in [0.5, 0.6) is 0 Å². The van der Waals surface area contributed by atoms with Crippen LogP contribution in [-0.4, -0.2) is 0 Å². The van der Waals surface area contributed by atoms with Crippen molar-refractivity contribution in [3.8, 4) is 0 Å². The van der Waals surface area contributed by atoms with Crippen molar-refractivity contribution in [3.05, 3.63) is 22.9 Å². The molecule has 0 saturated carbocycles. The van der Waals surface area contributed by atoms with Gasteiger partial charge in [0, 0.05) is 0 Å². The molecule has 1 aromatic rings. The van der Waals surface area contributed by atoms with E-state index in [1.165, 1.54) is 0 Å². The van der Waals surface area contributed by atoms with Crippen LogP contribution in [0.25, 0.3) is 0 Å². The van der Waals surface area contributed by atoms with Gasteiger partial charge in [0.1, 0.15) is 0 Å². The maximum atomic E-state index is 2.17. The lowest BCUT2D eigenvalue weighted by molar-refractivity contribution is 0.736. The lowest BCUT2D eigenvalue weighted by atomic mass is 10.3. The Labute approximate surface area is 88.0 Å². The molecule has 0 radical (unpaired) electrons. The highest BCUT2D eigenvalue weighted by Crippen LogP contribution is 1.91. The van der Waals surface area contributed by atoms with E-state index in [1.54, 1.807) is 11.3 Å². The summed E-state index contributed by atoms with van der Waals surface area (Å²) >= 11 is 1.71. The van der Waals surface area contributed by atoms with Crippen LogP contribution >= 0.6 is 11.3 Å². The third kappa shape index (κ3) is 49.8. The van der Waals surface area contributed by atoms with E-state index in [9.17, 15) is 0 Å². The highest BCUT2D eigenvalue weighted by Gasteiger charge is 1.68. The van der Waals surface area contributed by atoms with Gasteiger partial charge in [0.15, 0.2) is 0 Å². The van der Waals surface area contributed by atoms with Crippen LogP contribution in [0.1, 0.15) is 41.5 Å². The predicted molar refractivity (Wildman–Crippen MR) is 65.3 cm³/mol. The molecule has 1 rings (SSSR count). The van der Waals surface area contributed by atoms with Crippen molar-refractivity contribution in [2.24, 2.45) is 11.8 Å². The normalized spacial score (nSPS) is 8.62. The molecule has 0 unspecified atom stereocenters. The van der Waals surface area contributed by atoms with Crippen LogP contribution in [0.4, 0.5) is 0 Å². The summed E-state index contributed by atoms with van der Waals surface area (Å²) in [6.45, 7) is 13.0. The molecule has 0 spiro atoms. The van der Waals surface area contributed by atoms with E-state index in [2.05, 4.69) is 41.5 Å². The van der Waals surface area contributed by atoms with Crippen molar-refractivity contribution in [3.63, 3.8) is 0 Å². The Morgan fingerprint density at radius 2 is 0.923 bits per heavy atom. The first-order valence-corrected chi connectivity index (χ1v) is 5.88. The summed E-state index contributed by atoms with van der Waals surface area (Å²) in [6, 6.07) is 4.04. The summed E-state index contributed by atoms with van der Waals surface area (Å²) in [7, 11) is 0. The van der Waals surface area contributed by atoms with Gasteiger partial charge in [0.05, 0.1) is 0 Å². The SMILES string of the molecule is CC(C)C.CC(C)C.c1ccsc1. The molecule has 0 aliphatic carbocycles. The minimum Gasteiger partial charge on any atom is -0.152 e. The summed E-state index contributed by atoms with van der Waals surface area (Å²) in [5, 5.41) is 4.08. The zero-order valence-corrected chi connectivity index (χ0v) is 10.7. The topological polar surface area (TPSA) is 0 Å². The zero-order valence-electron chi connectivity index (χ0n) is 9.87. The summed E-state index contributed by atoms with van der Waals surface area (Å²) in [5.74, 6) is 1.67. The maximum absolute atomic E-state index is 2.17. The van der Waals surface area contributed by atoms with Crippen molar-refractivity contribution in [1.29, 1.82) is 0 Å². The van der Waals surface area contributed by atoms with Gasteiger partial charge in [0.25, 0.3) is 0 Å². The molecular weight excluding hydrogens is 176 g/mol. The lowest BCUT2D eigenvalue weighted by Crippen LogP contribution is -1.66. The van der Waals surface area contributed by atoms with Crippen LogP contribution in [0.3, 0.4) is 0 Å². The average molecular weight is 200 g/mol. The standard InChI is InChI=1S/C4H4S.2C4H10/c1-2-4-5-3-1;2*1-4(2)3/h1-4H;2*4H,1-3H3. The van der Waals surface area contributed by atoms with Gasteiger partial charge in [-0.05, 0) is 22.6 Å². The van der Waals surface area contributed by atoms with Crippen LogP contribution in [-0.2, 0) is 0 Å². The molecular formula is C12H24S. The van der Waals surface area contributed by atoms with Gasteiger partial charge in [0.2, 0.25) is 0 Å². The molecule has 0 aliphatic heterocycles. The van der Waals surface area contributed by atoms with Crippen molar-refractivity contribution < 1.29 is 0 Å².